The summed E-state index contributed by atoms with van der Waals surface area (Å²) in [5.74, 6) is 0.881. The molecule has 0 unspecified atom stereocenters. The van der Waals surface area contributed by atoms with Crippen LogP contribution in [0.3, 0.4) is 0 Å². The molecule has 2 amide bonds. The van der Waals surface area contributed by atoms with Gasteiger partial charge in [-0.2, -0.15) is 0 Å². The van der Waals surface area contributed by atoms with Gasteiger partial charge in [-0.1, -0.05) is 31.4 Å². The Morgan fingerprint density at radius 3 is 2.64 bits per heavy atom. The molecule has 0 bridgehead atoms. The smallest absolute Gasteiger partial charge is 0.221 e. The first kappa shape index (κ1) is 19.3. The molecule has 5 heteroatoms. The van der Waals surface area contributed by atoms with E-state index in [9.17, 15) is 9.59 Å². The molecular formula is C20H30N2O3. The Hall–Kier alpha value is -2.04. The third-order valence-corrected chi connectivity index (χ3v) is 4.83. The van der Waals surface area contributed by atoms with Gasteiger partial charge in [0.1, 0.15) is 5.75 Å². The maximum absolute atomic E-state index is 12.1. The predicted molar refractivity (Wildman–Crippen MR) is 98.6 cm³/mol. The summed E-state index contributed by atoms with van der Waals surface area (Å²) in [6.07, 6.45) is 6.95. The summed E-state index contributed by atoms with van der Waals surface area (Å²) >= 11 is 0. The molecule has 25 heavy (non-hydrogen) atoms. The van der Waals surface area contributed by atoms with E-state index in [-0.39, 0.29) is 11.8 Å². The second-order valence-corrected chi connectivity index (χ2v) is 6.76. The monoisotopic (exact) mass is 346 g/mol. The lowest BCUT2D eigenvalue weighted by Gasteiger charge is -2.24. The Morgan fingerprint density at radius 2 is 1.96 bits per heavy atom. The molecule has 0 atom stereocenters. The van der Waals surface area contributed by atoms with Gasteiger partial charge < -0.3 is 15.0 Å². The lowest BCUT2D eigenvalue weighted by Crippen LogP contribution is -2.39. The molecule has 1 aliphatic carbocycles. The molecule has 1 saturated carbocycles. The number of ether oxygens (including phenoxy) is 1. The van der Waals surface area contributed by atoms with Gasteiger partial charge in [0.25, 0.3) is 0 Å². The fourth-order valence-corrected chi connectivity index (χ4v) is 3.30. The lowest BCUT2D eigenvalue weighted by atomic mass is 9.95. The van der Waals surface area contributed by atoms with E-state index < -0.39 is 0 Å². The van der Waals surface area contributed by atoms with Crippen LogP contribution in [-0.4, -0.2) is 43.0 Å². The van der Waals surface area contributed by atoms with Crippen LogP contribution in [0.1, 0.15) is 51.0 Å². The first-order valence-electron chi connectivity index (χ1n) is 9.26. The first-order valence-corrected chi connectivity index (χ1v) is 9.26. The Labute approximate surface area is 150 Å². The maximum atomic E-state index is 12.1. The van der Waals surface area contributed by atoms with E-state index in [1.165, 1.54) is 19.3 Å². The number of carbonyl (C=O) groups is 2. The van der Waals surface area contributed by atoms with Gasteiger partial charge in [-0.05, 0) is 37.0 Å². The minimum Gasteiger partial charge on any atom is -0.497 e. The summed E-state index contributed by atoms with van der Waals surface area (Å²) in [5.41, 5.74) is 1.12. The van der Waals surface area contributed by atoms with Crippen molar-refractivity contribution in [3.8, 4) is 5.75 Å². The highest BCUT2D eigenvalue weighted by Crippen LogP contribution is 2.17. The summed E-state index contributed by atoms with van der Waals surface area (Å²) in [4.78, 5) is 25.7. The summed E-state index contributed by atoms with van der Waals surface area (Å²) in [6, 6.07) is 8.18. The van der Waals surface area contributed by atoms with E-state index in [1.54, 1.807) is 18.9 Å². The Bertz CT molecular complexity index is 568. The van der Waals surface area contributed by atoms with Crippen molar-refractivity contribution >= 4 is 11.8 Å². The minimum absolute atomic E-state index is 0.00774. The fraction of sp³-hybridized carbons (Fsp3) is 0.600. The second-order valence-electron chi connectivity index (χ2n) is 6.76. The zero-order valence-corrected chi connectivity index (χ0v) is 15.4. The van der Waals surface area contributed by atoms with Crippen molar-refractivity contribution in [3.63, 3.8) is 0 Å². The molecule has 0 heterocycles. The maximum Gasteiger partial charge on any atom is 0.221 e. The molecule has 5 nitrogen and oxygen atoms in total. The van der Waals surface area contributed by atoms with Crippen LogP contribution in [0, 0.1) is 0 Å². The van der Waals surface area contributed by atoms with Crippen molar-refractivity contribution in [3.05, 3.63) is 29.8 Å². The van der Waals surface area contributed by atoms with Crippen molar-refractivity contribution in [2.24, 2.45) is 0 Å². The van der Waals surface area contributed by atoms with E-state index in [2.05, 4.69) is 5.32 Å². The van der Waals surface area contributed by atoms with Crippen molar-refractivity contribution in [2.45, 2.75) is 57.9 Å². The van der Waals surface area contributed by atoms with E-state index in [1.807, 2.05) is 24.3 Å². The molecule has 138 valence electrons. The number of nitrogens with one attached hydrogen (secondary N) is 1. The van der Waals surface area contributed by atoms with Gasteiger partial charge in [0.2, 0.25) is 11.8 Å². The standard InChI is InChI=1S/C20H30N2O3/c1-16(23)22(13-11-17-7-6-10-19(15-17)25-2)14-12-20(24)21-18-8-4-3-5-9-18/h6-7,10,15,18H,3-5,8-9,11-14H2,1-2H3,(H,21,24). The van der Waals surface area contributed by atoms with Crippen LogP contribution in [0.15, 0.2) is 24.3 Å². The van der Waals surface area contributed by atoms with Crippen LogP contribution >= 0.6 is 0 Å². The molecular weight excluding hydrogens is 316 g/mol. The van der Waals surface area contributed by atoms with Crippen LogP contribution in [0.25, 0.3) is 0 Å². The molecule has 1 N–H and O–H groups in total. The molecule has 0 spiro atoms. The van der Waals surface area contributed by atoms with Gasteiger partial charge in [0, 0.05) is 32.5 Å². The highest BCUT2D eigenvalue weighted by Gasteiger charge is 2.17. The quantitative estimate of drug-likeness (QED) is 0.787. The highest BCUT2D eigenvalue weighted by atomic mass is 16.5. The number of carbonyl (C=O) groups excluding carboxylic acids is 2. The molecule has 1 aliphatic rings. The average Bonchev–Trinajstić information content (AvgIpc) is 2.62. The van der Waals surface area contributed by atoms with Gasteiger partial charge in [-0.3, -0.25) is 9.59 Å². The van der Waals surface area contributed by atoms with Gasteiger partial charge in [-0.15, -0.1) is 0 Å². The van der Waals surface area contributed by atoms with Crippen molar-refractivity contribution < 1.29 is 14.3 Å². The molecule has 0 saturated heterocycles. The number of benzene rings is 1. The number of methoxy groups -OCH3 is 1. The van der Waals surface area contributed by atoms with E-state index in [4.69, 9.17) is 4.74 Å². The predicted octanol–water partition coefficient (Wildman–Crippen LogP) is 2.93. The van der Waals surface area contributed by atoms with E-state index in [0.29, 0.717) is 25.6 Å². The van der Waals surface area contributed by atoms with Gasteiger partial charge in [0.05, 0.1) is 7.11 Å². The molecule has 1 fully saturated rings. The number of rotatable bonds is 8. The minimum atomic E-state index is 0.00774. The largest absolute Gasteiger partial charge is 0.497 e. The number of nitrogens with zero attached hydrogens (tertiary/aromatic N) is 1. The zero-order valence-electron chi connectivity index (χ0n) is 15.4. The zero-order chi connectivity index (χ0) is 18.1. The van der Waals surface area contributed by atoms with Crippen molar-refractivity contribution in [1.82, 2.24) is 10.2 Å². The number of amides is 2. The Kier molecular flexibility index (Phi) is 7.76. The van der Waals surface area contributed by atoms with Gasteiger partial charge in [0.15, 0.2) is 0 Å². The van der Waals surface area contributed by atoms with Crippen LogP contribution in [0.4, 0.5) is 0 Å². The summed E-state index contributed by atoms with van der Waals surface area (Å²) in [7, 11) is 1.64. The van der Waals surface area contributed by atoms with Crippen molar-refractivity contribution in [1.29, 1.82) is 0 Å². The first-order chi connectivity index (χ1) is 12.1. The third-order valence-electron chi connectivity index (χ3n) is 4.83. The summed E-state index contributed by atoms with van der Waals surface area (Å²) < 4.78 is 5.23. The lowest BCUT2D eigenvalue weighted by molar-refractivity contribution is -0.129. The molecule has 0 aliphatic heterocycles. The number of hydrogen-bond donors (Lipinski definition) is 1. The second kappa shape index (κ2) is 10.1. The Balaban J connectivity index is 1.77. The summed E-state index contributed by atoms with van der Waals surface area (Å²) in [5, 5.41) is 3.11. The van der Waals surface area contributed by atoms with E-state index >= 15 is 0 Å². The van der Waals surface area contributed by atoms with Gasteiger partial charge >= 0.3 is 0 Å². The van der Waals surface area contributed by atoms with Crippen LogP contribution in [0.2, 0.25) is 0 Å². The molecule has 0 aromatic heterocycles. The molecule has 1 aromatic rings. The van der Waals surface area contributed by atoms with E-state index in [0.717, 1.165) is 30.6 Å². The molecule has 1 aromatic carbocycles. The van der Waals surface area contributed by atoms with Crippen LogP contribution in [-0.2, 0) is 16.0 Å². The fourth-order valence-electron chi connectivity index (χ4n) is 3.30. The molecule has 0 radical (unpaired) electrons. The number of hydrogen-bond acceptors (Lipinski definition) is 3. The summed E-state index contributed by atoms with van der Waals surface area (Å²) in [6.45, 7) is 2.64. The molecule has 2 rings (SSSR count). The normalized spacial score (nSPS) is 14.8. The third kappa shape index (κ3) is 6.77. The van der Waals surface area contributed by atoms with Crippen LogP contribution in [0.5, 0.6) is 5.75 Å². The van der Waals surface area contributed by atoms with Crippen molar-refractivity contribution in [2.75, 3.05) is 20.2 Å². The highest BCUT2D eigenvalue weighted by molar-refractivity contribution is 5.78. The Morgan fingerprint density at radius 1 is 1.20 bits per heavy atom. The average molecular weight is 346 g/mol. The SMILES string of the molecule is COc1cccc(CCN(CCC(=O)NC2CCCCC2)C(C)=O)c1. The van der Waals surface area contributed by atoms with Gasteiger partial charge in [-0.25, -0.2) is 0 Å². The van der Waals surface area contributed by atoms with Crippen LogP contribution < -0.4 is 10.1 Å². The topological polar surface area (TPSA) is 58.6 Å².